The molecule has 0 spiro atoms. The second-order valence-corrected chi connectivity index (χ2v) is 7.98. The Labute approximate surface area is 175 Å². The molecule has 1 aliphatic heterocycles. The molecule has 152 valence electrons. The van der Waals surface area contributed by atoms with Gasteiger partial charge in [-0.05, 0) is 46.3 Å². The number of esters is 1. The summed E-state index contributed by atoms with van der Waals surface area (Å²) in [7, 11) is 2.74. The zero-order valence-electron chi connectivity index (χ0n) is 15.8. The van der Waals surface area contributed by atoms with Crippen molar-refractivity contribution in [3.63, 3.8) is 0 Å². The van der Waals surface area contributed by atoms with Crippen molar-refractivity contribution >= 4 is 39.9 Å². The Balaban J connectivity index is 1.53. The van der Waals surface area contributed by atoms with Crippen molar-refractivity contribution in [2.24, 2.45) is 28.8 Å². The van der Waals surface area contributed by atoms with Crippen LogP contribution in [0.25, 0.3) is 0 Å². The molecule has 1 aromatic rings. The van der Waals surface area contributed by atoms with Gasteiger partial charge in [0.2, 0.25) is 0 Å². The molecule has 1 aromatic carbocycles. The number of benzene rings is 1. The zero-order valence-corrected chi connectivity index (χ0v) is 17.4. The number of halogens is 1. The van der Waals surface area contributed by atoms with Crippen LogP contribution in [-0.4, -0.2) is 49.8 Å². The Hall–Kier alpha value is -2.68. The molecular weight excluding hydrogens is 444 g/mol. The van der Waals surface area contributed by atoms with Crippen LogP contribution in [0.5, 0.6) is 11.5 Å². The van der Waals surface area contributed by atoms with Crippen molar-refractivity contribution in [1.29, 1.82) is 0 Å². The Morgan fingerprint density at radius 1 is 1.17 bits per heavy atom. The second-order valence-electron chi connectivity index (χ2n) is 7.12. The average Bonchev–Trinajstić information content (AvgIpc) is 3.40. The van der Waals surface area contributed by atoms with E-state index in [1.807, 2.05) is 12.2 Å². The molecule has 2 fully saturated rings. The van der Waals surface area contributed by atoms with Gasteiger partial charge in [0.05, 0.1) is 32.3 Å². The molecule has 0 radical (unpaired) electrons. The van der Waals surface area contributed by atoms with Crippen LogP contribution in [-0.2, 0) is 19.1 Å². The fraction of sp³-hybridized carbons (Fsp3) is 0.400. The maximum Gasteiger partial charge on any atom is 0.343 e. The van der Waals surface area contributed by atoms with E-state index in [9.17, 15) is 14.4 Å². The van der Waals surface area contributed by atoms with E-state index in [4.69, 9.17) is 9.47 Å². The van der Waals surface area contributed by atoms with E-state index < -0.39 is 5.97 Å². The summed E-state index contributed by atoms with van der Waals surface area (Å²) in [6.45, 7) is -0.261. The number of hydrogen-bond donors (Lipinski definition) is 0. The molecular formula is C20H19BrN2O6. The Morgan fingerprint density at radius 2 is 1.83 bits per heavy atom. The van der Waals surface area contributed by atoms with E-state index in [-0.39, 0.29) is 42.1 Å². The number of methoxy groups -OCH3 is 2. The van der Waals surface area contributed by atoms with Crippen molar-refractivity contribution in [3.05, 3.63) is 34.3 Å². The molecule has 8 nitrogen and oxygen atoms in total. The van der Waals surface area contributed by atoms with Gasteiger partial charge in [0.1, 0.15) is 0 Å². The highest BCUT2D eigenvalue weighted by atomic mass is 79.9. The van der Waals surface area contributed by atoms with Gasteiger partial charge >= 0.3 is 5.97 Å². The Morgan fingerprint density at radius 3 is 2.41 bits per heavy atom. The molecule has 4 unspecified atom stereocenters. The Kier molecular flexibility index (Phi) is 5.16. The average molecular weight is 463 g/mol. The van der Waals surface area contributed by atoms with E-state index >= 15 is 0 Å². The first-order chi connectivity index (χ1) is 13.9. The van der Waals surface area contributed by atoms with Crippen LogP contribution in [0.3, 0.4) is 0 Å². The highest BCUT2D eigenvalue weighted by molar-refractivity contribution is 9.10. The summed E-state index contributed by atoms with van der Waals surface area (Å²) in [5, 5.41) is 5.16. The third kappa shape index (κ3) is 3.33. The van der Waals surface area contributed by atoms with Gasteiger partial charge in [-0.25, -0.2) is 4.79 Å². The molecule has 2 aliphatic carbocycles. The number of fused-ring (bicyclic) bond motifs is 5. The van der Waals surface area contributed by atoms with Crippen LogP contribution >= 0.6 is 15.9 Å². The molecule has 2 amide bonds. The molecule has 1 heterocycles. The van der Waals surface area contributed by atoms with Crippen LogP contribution in [0.15, 0.2) is 33.9 Å². The largest absolute Gasteiger partial charge is 0.493 e. The third-order valence-corrected chi connectivity index (χ3v) is 6.30. The normalized spacial score (nSPS) is 27.1. The molecule has 9 heteroatoms. The number of imide groups is 1. The number of carbonyl (C=O) groups excluding carboxylic acids is 3. The summed E-state index contributed by atoms with van der Waals surface area (Å²) in [5.74, 6) is -0.593. The van der Waals surface area contributed by atoms with Crippen LogP contribution < -0.4 is 9.47 Å². The first-order valence-electron chi connectivity index (χ1n) is 9.12. The number of ether oxygens (including phenoxy) is 3. The van der Waals surface area contributed by atoms with Gasteiger partial charge < -0.3 is 14.2 Å². The molecule has 29 heavy (non-hydrogen) atoms. The van der Waals surface area contributed by atoms with Gasteiger partial charge in [-0.1, -0.05) is 12.2 Å². The smallest absolute Gasteiger partial charge is 0.343 e. The fourth-order valence-electron chi connectivity index (χ4n) is 4.24. The summed E-state index contributed by atoms with van der Waals surface area (Å²) in [4.78, 5) is 36.7. The van der Waals surface area contributed by atoms with E-state index in [1.165, 1.54) is 20.4 Å². The number of allylic oxidation sites excluding steroid dienone is 2. The summed E-state index contributed by atoms with van der Waals surface area (Å²) in [5.41, 5.74) is 0.589. The summed E-state index contributed by atoms with van der Waals surface area (Å²) in [6.07, 6.45) is 6.39. The van der Waals surface area contributed by atoms with E-state index in [0.29, 0.717) is 21.5 Å². The zero-order chi connectivity index (χ0) is 20.7. The first-order valence-corrected chi connectivity index (χ1v) is 9.91. The van der Waals surface area contributed by atoms with Gasteiger partial charge in [-0.3, -0.25) is 9.59 Å². The predicted molar refractivity (Wildman–Crippen MR) is 105 cm³/mol. The second kappa shape index (κ2) is 7.62. The van der Waals surface area contributed by atoms with Gasteiger partial charge in [0.25, 0.3) is 11.8 Å². The number of amides is 2. The molecule has 1 saturated carbocycles. The minimum Gasteiger partial charge on any atom is -0.493 e. The molecule has 0 aromatic heterocycles. The van der Waals surface area contributed by atoms with Crippen molar-refractivity contribution in [2.45, 2.75) is 6.42 Å². The van der Waals surface area contributed by atoms with Crippen molar-refractivity contribution in [3.8, 4) is 11.5 Å². The number of carbonyl (C=O) groups is 3. The number of nitrogens with zero attached hydrogens (tertiary/aromatic N) is 2. The van der Waals surface area contributed by atoms with Gasteiger partial charge in [0.15, 0.2) is 18.1 Å². The van der Waals surface area contributed by atoms with Crippen molar-refractivity contribution in [2.75, 3.05) is 20.8 Å². The molecule has 4 atom stereocenters. The lowest BCUT2D eigenvalue weighted by atomic mass is 9.85. The standard InChI is InChI=1S/C20H19BrN2O6/c1-27-14-6-12(13(21)7-15(14)29-9-16(24)28-2)8-22-23-19(25)17-10-3-4-11(5-10)18(17)20(23)26/h3-4,6-8,10-11,17-18H,5,9H2,1-2H3. The lowest BCUT2D eigenvalue weighted by Gasteiger charge is -2.13. The molecule has 4 rings (SSSR count). The van der Waals surface area contributed by atoms with Gasteiger partial charge in [-0.2, -0.15) is 10.1 Å². The number of hydrazone groups is 1. The molecule has 2 bridgehead atoms. The maximum absolute atomic E-state index is 12.7. The van der Waals surface area contributed by atoms with Crippen LogP contribution in [0.4, 0.5) is 0 Å². The van der Waals surface area contributed by atoms with Crippen LogP contribution in [0.2, 0.25) is 0 Å². The summed E-state index contributed by atoms with van der Waals surface area (Å²) >= 11 is 3.41. The monoisotopic (exact) mass is 462 g/mol. The minimum atomic E-state index is -0.520. The highest BCUT2D eigenvalue weighted by Crippen LogP contribution is 2.52. The van der Waals surface area contributed by atoms with E-state index in [1.54, 1.807) is 12.1 Å². The molecule has 1 saturated heterocycles. The topological polar surface area (TPSA) is 94.5 Å². The van der Waals surface area contributed by atoms with Crippen LogP contribution in [0, 0.1) is 23.7 Å². The maximum atomic E-state index is 12.7. The highest BCUT2D eigenvalue weighted by Gasteiger charge is 2.59. The lowest BCUT2D eigenvalue weighted by molar-refractivity contribution is -0.143. The Bertz CT molecular complexity index is 913. The van der Waals surface area contributed by atoms with Crippen molar-refractivity contribution in [1.82, 2.24) is 5.01 Å². The number of rotatable bonds is 6. The minimum absolute atomic E-state index is 0.139. The van der Waals surface area contributed by atoms with Gasteiger partial charge in [-0.15, -0.1) is 0 Å². The summed E-state index contributed by atoms with van der Waals surface area (Å²) < 4.78 is 15.9. The quantitative estimate of drug-likeness (QED) is 0.278. The number of hydrogen-bond acceptors (Lipinski definition) is 7. The van der Waals surface area contributed by atoms with E-state index in [2.05, 4.69) is 25.8 Å². The predicted octanol–water partition coefficient (Wildman–Crippen LogP) is 2.15. The van der Waals surface area contributed by atoms with Gasteiger partial charge in [0, 0.05) is 10.0 Å². The van der Waals surface area contributed by atoms with Crippen molar-refractivity contribution < 1.29 is 28.6 Å². The summed E-state index contributed by atoms with van der Waals surface area (Å²) in [6, 6.07) is 3.26. The van der Waals surface area contributed by atoms with E-state index in [0.717, 1.165) is 11.4 Å². The SMILES string of the molecule is COC(=O)COc1cc(Br)c(C=NN2C(=O)C3C4C=CC(C4)C3C2=O)cc1OC. The first kappa shape index (κ1) is 19.6. The lowest BCUT2D eigenvalue weighted by Crippen LogP contribution is -2.28. The molecule has 0 N–H and O–H groups in total. The van der Waals surface area contributed by atoms with Crippen LogP contribution in [0.1, 0.15) is 12.0 Å². The molecule has 3 aliphatic rings. The third-order valence-electron chi connectivity index (χ3n) is 5.62. The fourth-order valence-corrected chi connectivity index (χ4v) is 4.66.